The lowest BCUT2D eigenvalue weighted by atomic mass is 10.2. The third-order valence-corrected chi connectivity index (χ3v) is 4.06. The molecule has 6 nitrogen and oxygen atoms in total. The number of amides is 3. The standard InChI is InChI=1S/C16H21N3O3/c20-15-10-14(17-16(21)18-6-8-22-9-7-18)12-19(15)11-13-4-2-1-3-5-13/h1-5,14H,6-12H2,(H,17,21)/t14-/m0/s1. The minimum atomic E-state index is -0.105. The number of likely N-dealkylation sites (tertiary alicyclic amines) is 1. The van der Waals surface area contributed by atoms with E-state index in [9.17, 15) is 9.59 Å². The van der Waals surface area contributed by atoms with E-state index in [1.807, 2.05) is 30.3 Å². The number of hydrogen-bond donors (Lipinski definition) is 1. The van der Waals surface area contributed by atoms with Gasteiger partial charge in [-0.05, 0) is 5.56 Å². The Morgan fingerprint density at radius 2 is 1.95 bits per heavy atom. The van der Waals surface area contributed by atoms with Crippen LogP contribution in [-0.4, -0.2) is 60.6 Å². The first-order valence-corrected chi connectivity index (χ1v) is 7.67. The van der Waals surface area contributed by atoms with Gasteiger partial charge in [0.1, 0.15) is 0 Å². The highest BCUT2D eigenvalue weighted by Crippen LogP contribution is 2.15. The molecule has 1 aromatic rings. The van der Waals surface area contributed by atoms with E-state index in [1.54, 1.807) is 9.80 Å². The molecule has 6 heteroatoms. The number of carbonyl (C=O) groups excluding carboxylic acids is 2. The van der Waals surface area contributed by atoms with E-state index in [2.05, 4.69) is 5.32 Å². The lowest BCUT2D eigenvalue weighted by molar-refractivity contribution is -0.128. The lowest BCUT2D eigenvalue weighted by Gasteiger charge is -2.28. The molecule has 0 bridgehead atoms. The van der Waals surface area contributed by atoms with Crippen molar-refractivity contribution in [3.05, 3.63) is 35.9 Å². The van der Waals surface area contributed by atoms with Crippen LogP contribution in [0.15, 0.2) is 30.3 Å². The number of nitrogens with one attached hydrogen (secondary N) is 1. The summed E-state index contributed by atoms with van der Waals surface area (Å²) in [6, 6.07) is 9.70. The summed E-state index contributed by atoms with van der Waals surface area (Å²) < 4.78 is 5.24. The fraction of sp³-hybridized carbons (Fsp3) is 0.500. The predicted octanol–water partition coefficient (Wildman–Crippen LogP) is 0.829. The molecular formula is C16H21N3O3. The van der Waals surface area contributed by atoms with Gasteiger partial charge in [-0.1, -0.05) is 30.3 Å². The molecule has 22 heavy (non-hydrogen) atoms. The van der Waals surface area contributed by atoms with Crippen molar-refractivity contribution in [2.24, 2.45) is 0 Å². The van der Waals surface area contributed by atoms with E-state index in [0.717, 1.165) is 5.56 Å². The maximum Gasteiger partial charge on any atom is 0.317 e. The number of hydrogen-bond acceptors (Lipinski definition) is 3. The molecule has 2 aliphatic heterocycles. The van der Waals surface area contributed by atoms with Crippen LogP contribution in [0.4, 0.5) is 4.79 Å². The average Bonchev–Trinajstić information content (AvgIpc) is 2.88. The molecule has 1 N–H and O–H groups in total. The number of carbonyl (C=O) groups is 2. The topological polar surface area (TPSA) is 61.9 Å². The van der Waals surface area contributed by atoms with Crippen LogP contribution in [0.3, 0.4) is 0 Å². The van der Waals surface area contributed by atoms with Crippen molar-refractivity contribution in [1.82, 2.24) is 15.1 Å². The van der Waals surface area contributed by atoms with Crippen molar-refractivity contribution >= 4 is 11.9 Å². The number of rotatable bonds is 3. The molecule has 1 atom stereocenters. The van der Waals surface area contributed by atoms with Gasteiger partial charge in [0.15, 0.2) is 0 Å². The summed E-state index contributed by atoms with van der Waals surface area (Å²) in [4.78, 5) is 27.8. The molecule has 2 saturated heterocycles. The Kier molecular flexibility index (Phi) is 4.58. The second-order valence-electron chi connectivity index (χ2n) is 5.71. The minimum absolute atomic E-state index is 0.0936. The number of benzene rings is 1. The molecule has 118 valence electrons. The first-order valence-electron chi connectivity index (χ1n) is 7.67. The molecular weight excluding hydrogens is 282 g/mol. The van der Waals surface area contributed by atoms with Crippen molar-refractivity contribution in [3.8, 4) is 0 Å². The molecule has 0 spiro atoms. The van der Waals surface area contributed by atoms with Gasteiger partial charge < -0.3 is 19.9 Å². The van der Waals surface area contributed by atoms with Crippen LogP contribution in [-0.2, 0) is 16.1 Å². The van der Waals surface area contributed by atoms with Gasteiger partial charge in [0.05, 0.1) is 19.3 Å². The van der Waals surface area contributed by atoms with Crippen molar-refractivity contribution in [2.45, 2.75) is 19.0 Å². The van der Waals surface area contributed by atoms with Crippen LogP contribution in [0.5, 0.6) is 0 Å². The van der Waals surface area contributed by atoms with Gasteiger partial charge in [-0.3, -0.25) is 4.79 Å². The van der Waals surface area contributed by atoms with E-state index < -0.39 is 0 Å². The third-order valence-electron chi connectivity index (χ3n) is 4.06. The van der Waals surface area contributed by atoms with E-state index in [-0.39, 0.29) is 18.0 Å². The highest BCUT2D eigenvalue weighted by molar-refractivity contribution is 5.81. The predicted molar refractivity (Wildman–Crippen MR) is 81.2 cm³/mol. The van der Waals surface area contributed by atoms with Gasteiger partial charge in [-0.25, -0.2) is 4.79 Å². The second-order valence-corrected chi connectivity index (χ2v) is 5.71. The fourth-order valence-corrected chi connectivity index (χ4v) is 2.86. The minimum Gasteiger partial charge on any atom is -0.378 e. The molecule has 3 rings (SSSR count). The molecule has 0 aromatic heterocycles. The van der Waals surface area contributed by atoms with Crippen LogP contribution in [0.25, 0.3) is 0 Å². The zero-order valence-corrected chi connectivity index (χ0v) is 12.5. The first-order chi connectivity index (χ1) is 10.7. The van der Waals surface area contributed by atoms with E-state index in [1.165, 1.54) is 0 Å². The van der Waals surface area contributed by atoms with Crippen LogP contribution in [0.1, 0.15) is 12.0 Å². The van der Waals surface area contributed by atoms with Crippen LogP contribution in [0, 0.1) is 0 Å². The largest absolute Gasteiger partial charge is 0.378 e. The van der Waals surface area contributed by atoms with Crippen LogP contribution >= 0.6 is 0 Å². The molecule has 2 fully saturated rings. The van der Waals surface area contributed by atoms with Crippen molar-refractivity contribution in [3.63, 3.8) is 0 Å². The Morgan fingerprint density at radius 3 is 2.68 bits per heavy atom. The van der Waals surface area contributed by atoms with Gasteiger partial charge in [0, 0.05) is 32.6 Å². The molecule has 3 amide bonds. The Balaban J connectivity index is 1.52. The maximum atomic E-state index is 12.2. The monoisotopic (exact) mass is 303 g/mol. The SMILES string of the molecule is O=C1C[C@H](NC(=O)N2CCOCC2)CN1Cc1ccccc1. The quantitative estimate of drug-likeness (QED) is 0.899. The zero-order chi connectivity index (χ0) is 15.4. The van der Waals surface area contributed by atoms with Gasteiger partial charge in [0.25, 0.3) is 0 Å². The number of morpholine rings is 1. The molecule has 0 saturated carbocycles. The average molecular weight is 303 g/mol. The van der Waals surface area contributed by atoms with Gasteiger partial charge in [0.2, 0.25) is 5.91 Å². The van der Waals surface area contributed by atoms with Crippen LogP contribution < -0.4 is 5.32 Å². The summed E-state index contributed by atoms with van der Waals surface area (Å²) in [5.74, 6) is 0.0936. The summed E-state index contributed by atoms with van der Waals surface area (Å²) in [5.41, 5.74) is 1.11. The van der Waals surface area contributed by atoms with Gasteiger partial charge in [-0.15, -0.1) is 0 Å². The Morgan fingerprint density at radius 1 is 1.23 bits per heavy atom. The highest BCUT2D eigenvalue weighted by Gasteiger charge is 2.31. The molecule has 2 heterocycles. The number of urea groups is 1. The van der Waals surface area contributed by atoms with E-state index >= 15 is 0 Å². The highest BCUT2D eigenvalue weighted by atomic mass is 16.5. The smallest absolute Gasteiger partial charge is 0.317 e. The van der Waals surface area contributed by atoms with Crippen LogP contribution in [0.2, 0.25) is 0 Å². The van der Waals surface area contributed by atoms with Crippen molar-refractivity contribution in [1.29, 1.82) is 0 Å². The molecule has 0 unspecified atom stereocenters. The molecule has 1 aromatic carbocycles. The summed E-state index contributed by atoms with van der Waals surface area (Å²) in [6.07, 6.45) is 0.378. The number of ether oxygens (including phenoxy) is 1. The van der Waals surface area contributed by atoms with E-state index in [0.29, 0.717) is 45.8 Å². The van der Waals surface area contributed by atoms with Gasteiger partial charge >= 0.3 is 6.03 Å². The fourth-order valence-electron chi connectivity index (χ4n) is 2.86. The lowest BCUT2D eigenvalue weighted by Crippen LogP contribution is -2.49. The molecule has 0 aliphatic carbocycles. The Bertz CT molecular complexity index is 529. The van der Waals surface area contributed by atoms with Gasteiger partial charge in [-0.2, -0.15) is 0 Å². The Hall–Kier alpha value is -2.08. The first kappa shape index (κ1) is 14.8. The zero-order valence-electron chi connectivity index (χ0n) is 12.5. The maximum absolute atomic E-state index is 12.2. The Labute approximate surface area is 130 Å². The second kappa shape index (κ2) is 6.79. The van der Waals surface area contributed by atoms with E-state index in [4.69, 9.17) is 4.74 Å². The third kappa shape index (κ3) is 3.57. The normalized spacial score (nSPS) is 22.0. The number of nitrogens with zero attached hydrogens (tertiary/aromatic N) is 2. The van der Waals surface area contributed by atoms with Crippen molar-refractivity contribution < 1.29 is 14.3 Å². The summed E-state index contributed by atoms with van der Waals surface area (Å²) in [6.45, 7) is 3.56. The van der Waals surface area contributed by atoms with Crippen molar-refractivity contribution in [2.75, 3.05) is 32.8 Å². The summed E-state index contributed by atoms with van der Waals surface area (Å²) in [7, 11) is 0. The molecule has 0 radical (unpaired) electrons. The summed E-state index contributed by atoms with van der Waals surface area (Å²) >= 11 is 0. The molecule has 2 aliphatic rings. The summed E-state index contributed by atoms with van der Waals surface area (Å²) in [5, 5.41) is 2.96.